The number of carboxylic acid groups (broad SMARTS) is 1. The third kappa shape index (κ3) is 4.90. The number of nitrogens with one attached hydrogen (secondary N) is 2. The molecule has 0 aliphatic carbocycles. The molecule has 0 bridgehead atoms. The van der Waals surface area contributed by atoms with Crippen LogP contribution >= 0.6 is 0 Å². The molecule has 2 aromatic carbocycles. The van der Waals surface area contributed by atoms with Crippen molar-refractivity contribution in [3.05, 3.63) is 64.7 Å². The molecule has 1 aliphatic heterocycles. The topological polar surface area (TPSA) is 93.5 Å². The SMILES string of the molecule is CC(=N)/C(=C/c1ccc2c(c1)CCCN2c1ccc(C)cc1)C(=O)NCC(=O)O. The molecule has 0 spiro atoms. The van der Waals surface area contributed by atoms with E-state index in [4.69, 9.17) is 10.5 Å². The molecule has 150 valence electrons. The van der Waals surface area contributed by atoms with Gasteiger partial charge in [0, 0.05) is 23.6 Å². The molecule has 3 rings (SSSR count). The smallest absolute Gasteiger partial charge is 0.322 e. The quantitative estimate of drug-likeness (QED) is 0.517. The Labute approximate surface area is 170 Å². The highest BCUT2D eigenvalue weighted by Crippen LogP contribution is 2.34. The van der Waals surface area contributed by atoms with E-state index in [-0.39, 0.29) is 11.3 Å². The molecule has 1 aliphatic rings. The Bertz CT molecular complexity index is 977. The van der Waals surface area contributed by atoms with Crippen LogP contribution in [0.5, 0.6) is 0 Å². The van der Waals surface area contributed by atoms with Gasteiger partial charge in [0.2, 0.25) is 0 Å². The summed E-state index contributed by atoms with van der Waals surface area (Å²) in [5.41, 5.74) is 5.80. The van der Waals surface area contributed by atoms with E-state index in [0.29, 0.717) is 0 Å². The van der Waals surface area contributed by atoms with Crippen molar-refractivity contribution in [3.63, 3.8) is 0 Å². The average Bonchev–Trinajstić information content (AvgIpc) is 2.70. The molecule has 0 fully saturated rings. The maximum absolute atomic E-state index is 12.3. The minimum absolute atomic E-state index is 0.0897. The lowest BCUT2D eigenvalue weighted by molar-refractivity contribution is -0.137. The number of carboxylic acids is 1. The van der Waals surface area contributed by atoms with Crippen molar-refractivity contribution in [2.75, 3.05) is 18.0 Å². The lowest BCUT2D eigenvalue weighted by Crippen LogP contribution is -2.32. The van der Waals surface area contributed by atoms with Crippen molar-refractivity contribution in [2.24, 2.45) is 0 Å². The van der Waals surface area contributed by atoms with Crippen molar-refractivity contribution >= 4 is 35.0 Å². The lowest BCUT2D eigenvalue weighted by Gasteiger charge is -2.31. The van der Waals surface area contributed by atoms with Crippen LogP contribution in [-0.4, -0.2) is 35.8 Å². The Morgan fingerprint density at radius 3 is 2.59 bits per heavy atom. The van der Waals surface area contributed by atoms with Crippen LogP contribution in [0.4, 0.5) is 11.4 Å². The zero-order chi connectivity index (χ0) is 21.0. The molecule has 6 heteroatoms. The Hall–Kier alpha value is -3.41. The number of anilines is 2. The van der Waals surface area contributed by atoms with Crippen molar-refractivity contribution in [1.29, 1.82) is 5.41 Å². The van der Waals surface area contributed by atoms with E-state index >= 15 is 0 Å². The molecule has 0 unspecified atom stereocenters. The van der Waals surface area contributed by atoms with Crippen molar-refractivity contribution < 1.29 is 14.7 Å². The van der Waals surface area contributed by atoms with E-state index in [2.05, 4.69) is 41.4 Å². The number of amides is 1. The number of nitrogens with zero attached hydrogens (tertiary/aromatic N) is 1. The van der Waals surface area contributed by atoms with Gasteiger partial charge < -0.3 is 20.7 Å². The summed E-state index contributed by atoms with van der Waals surface area (Å²) in [7, 11) is 0. The Morgan fingerprint density at radius 2 is 1.93 bits per heavy atom. The molecule has 1 heterocycles. The van der Waals surface area contributed by atoms with Gasteiger partial charge in [-0.2, -0.15) is 0 Å². The molecule has 0 radical (unpaired) electrons. The maximum Gasteiger partial charge on any atom is 0.322 e. The van der Waals surface area contributed by atoms with Crippen LogP contribution in [-0.2, 0) is 16.0 Å². The minimum Gasteiger partial charge on any atom is -0.480 e. The standard InChI is InChI=1S/C23H25N3O3/c1-15-5-8-19(9-6-15)26-11-3-4-18-12-17(7-10-21(18)26)13-20(16(2)24)23(29)25-14-22(27)28/h5-10,12-13,24H,3-4,11,14H2,1-2H3,(H,25,29)(H,27,28)/b20-13-,24-16?. The summed E-state index contributed by atoms with van der Waals surface area (Å²) in [6.45, 7) is 4.07. The van der Waals surface area contributed by atoms with E-state index in [9.17, 15) is 9.59 Å². The van der Waals surface area contributed by atoms with E-state index in [1.165, 1.54) is 18.1 Å². The number of rotatable bonds is 6. The fraction of sp³-hybridized carbons (Fsp3) is 0.261. The van der Waals surface area contributed by atoms with Gasteiger partial charge in [-0.3, -0.25) is 9.59 Å². The number of aryl methyl sites for hydroxylation is 2. The number of carbonyl (C=O) groups is 2. The van der Waals surface area contributed by atoms with Gasteiger partial charge >= 0.3 is 5.97 Å². The molecule has 0 saturated heterocycles. The molecule has 0 aromatic heterocycles. The number of hydrogen-bond acceptors (Lipinski definition) is 4. The fourth-order valence-corrected chi connectivity index (χ4v) is 3.46. The second kappa shape index (κ2) is 8.73. The first-order valence-electron chi connectivity index (χ1n) is 9.59. The van der Waals surface area contributed by atoms with Crippen molar-refractivity contribution in [1.82, 2.24) is 5.32 Å². The van der Waals surface area contributed by atoms with Gasteiger partial charge in [0.05, 0.1) is 5.57 Å². The van der Waals surface area contributed by atoms with Crippen LogP contribution in [0.1, 0.15) is 30.0 Å². The van der Waals surface area contributed by atoms with Gasteiger partial charge in [0.15, 0.2) is 0 Å². The van der Waals surface area contributed by atoms with Crippen LogP contribution in [0.2, 0.25) is 0 Å². The lowest BCUT2D eigenvalue weighted by atomic mass is 9.97. The highest BCUT2D eigenvalue weighted by atomic mass is 16.4. The third-order valence-corrected chi connectivity index (χ3v) is 4.93. The van der Waals surface area contributed by atoms with Crippen LogP contribution in [0.3, 0.4) is 0 Å². The third-order valence-electron chi connectivity index (χ3n) is 4.93. The maximum atomic E-state index is 12.3. The number of aliphatic carboxylic acids is 1. The monoisotopic (exact) mass is 391 g/mol. The van der Waals surface area contributed by atoms with Crippen LogP contribution in [0.15, 0.2) is 48.0 Å². The van der Waals surface area contributed by atoms with E-state index in [0.717, 1.165) is 36.3 Å². The summed E-state index contributed by atoms with van der Waals surface area (Å²) >= 11 is 0. The second-order valence-corrected chi connectivity index (χ2v) is 7.24. The molecule has 29 heavy (non-hydrogen) atoms. The summed E-state index contributed by atoms with van der Waals surface area (Å²) in [6, 6.07) is 14.5. The Morgan fingerprint density at radius 1 is 1.21 bits per heavy atom. The van der Waals surface area contributed by atoms with Gasteiger partial charge in [-0.15, -0.1) is 0 Å². The first kappa shape index (κ1) is 20.3. The van der Waals surface area contributed by atoms with E-state index < -0.39 is 18.4 Å². The first-order valence-corrected chi connectivity index (χ1v) is 9.59. The molecule has 1 amide bonds. The van der Waals surface area contributed by atoms with Gasteiger partial charge in [-0.05, 0) is 68.2 Å². The van der Waals surface area contributed by atoms with Crippen molar-refractivity contribution in [2.45, 2.75) is 26.7 Å². The Kier molecular flexibility index (Phi) is 6.12. The van der Waals surface area contributed by atoms with Gasteiger partial charge in [0.25, 0.3) is 5.91 Å². The van der Waals surface area contributed by atoms with Crippen LogP contribution in [0.25, 0.3) is 6.08 Å². The Balaban J connectivity index is 1.89. The van der Waals surface area contributed by atoms with Crippen LogP contribution < -0.4 is 10.2 Å². The molecule has 0 saturated carbocycles. The zero-order valence-electron chi connectivity index (χ0n) is 16.7. The summed E-state index contributed by atoms with van der Waals surface area (Å²) in [5, 5.41) is 19.0. The predicted octanol–water partition coefficient (Wildman–Crippen LogP) is 3.70. The zero-order valence-corrected chi connectivity index (χ0v) is 16.7. The molecule has 6 nitrogen and oxygen atoms in total. The van der Waals surface area contributed by atoms with Gasteiger partial charge in [-0.1, -0.05) is 23.8 Å². The molecular formula is C23H25N3O3. The highest BCUT2D eigenvalue weighted by Gasteiger charge is 2.19. The number of carbonyl (C=O) groups excluding carboxylic acids is 1. The molecule has 0 atom stereocenters. The first-order chi connectivity index (χ1) is 13.8. The second-order valence-electron chi connectivity index (χ2n) is 7.24. The van der Waals surface area contributed by atoms with Crippen molar-refractivity contribution in [3.8, 4) is 0 Å². The minimum atomic E-state index is -1.12. The van der Waals surface area contributed by atoms with Gasteiger partial charge in [0.1, 0.15) is 6.54 Å². The number of benzene rings is 2. The summed E-state index contributed by atoms with van der Waals surface area (Å²) < 4.78 is 0. The largest absolute Gasteiger partial charge is 0.480 e. The van der Waals surface area contributed by atoms with Crippen LogP contribution in [0, 0.1) is 12.3 Å². The predicted molar refractivity (Wildman–Crippen MR) is 115 cm³/mol. The van der Waals surface area contributed by atoms with Gasteiger partial charge in [-0.25, -0.2) is 0 Å². The summed E-state index contributed by atoms with van der Waals surface area (Å²) in [6.07, 6.45) is 3.62. The highest BCUT2D eigenvalue weighted by molar-refractivity contribution is 6.23. The molecule has 2 aromatic rings. The summed E-state index contributed by atoms with van der Waals surface area (Å²) in [5.74, 6) is -1.68. The summed E-state index contributed by atoms with van der Waals surface area (Å²) in [4.78, 5) is 25.2. The van der Waals surface area contributed by atoms with E-state index in [1.807, 2.05) is 18.2 Å². The fourth-order valence-electron chi connectivity index (χ4n) is 3.46. The average molecular weight is 391 g/mol. The molecular weight excluding hydrogens is 366 g/mol. The molecule has 3 N–H and O–H groups in total. The number of fused-ring (bicyclic) bond motifs is 1. The number of hydrogen-bond donors (Lipinski definition) is 3. The van der Waals surface area contributed by atoms with E-state index in [1.54, 1.807) is 6.08 Å². The normalized spacial score (nSPS) is 13.6.